The molecule has 0 amide bonds. The molecule has 4 heteroatoms. The van der Waals surface area contributed by atoms with Crippen molar-refractivity contribution in [3.63, 3.8) is 0 Å². The van der Waals surface area contributed by atoms with E-state index in [0.717, 1.165) is 47.4 Å². The zero-order chi connectivity index (χ0) is 13.8. The minimum absolute atomic E-state index is 0.410. The van der Waals surface area contributed by atoms with Gasteiger partial charge in [-0.05, 0) is 44.1 Å². The van der Waals surface area contributed by atoms with Gasteiger partial charge < -0.3 is 14.3 Å². The molecule has 1 aromatic carbocycles. The number of aromatic amines is 1. The Morgan fingerprint density at radius 3 is 2.79 bits per heavy atom. The lowest BCUT2D eigenvalue weighted by Crippen LogP contribution is -2.04. The van der Waals surface area contributed by atoms with Gasteiger partial charge in [-0.15, -0.1) is 0 Å². The van der Waals surface area contributed by atoms with E-state index < -0.39 is 0 Å². The standard InChI is InChI=1S/C15H22N2OS/c1-4-7-11(3)17-12-8-6-9-13(18-10-5-2)14(12)16-15(17)19/h6,8-9,11H,4-5,7,10H2,1-3H3,(H,16,19). The summed E-state index contributed by atoms with van der Waals surface area (Å²) in [6.45, 7) is 7.25. The maximum absolute atomic E-state index is 5.79. The molecule has 0 saturated heterocycles. The molecule has 0 fully saturated rings. The van der Waals surface area contributed by atoms with E-state index in [1.807, 2.05) is 12.1 Å². The Kier molecular flexibility index (Phi) is 4.64. The average Bonchev–Trinajstić information content (AvgIpc) is 2.73. The van der Waals surface area contributed by atoms with Crippen molar-refractivity contribution >= 4 is 23.3 Å². The van der Waals surface area contributed by atoms with Gasteiger partial charge in [0.15, 0.2) is 4.77 Å². The molecule has 2 aromatic rings. The number of H-pyrrole nitrogens is 1. The Hall–Kier alpha value is -1.29. The lowest BCUT2D eigenvalue weighted by atomic mass is 10.2. The number of hydrogen-bond donors (Lipinski definition) is 1. The number of hydrogen-bond acceptors (Lipinski definition) is 2. The number of benzene rings is 1. The lowest BCUT2D eigenvalue weighted by molar-refractivity contribution is 0.320. The van der Waals surface area contributed by atoms with Gasteiger partial charge in [-0.25, -0.2) is 0 Å². The van der Waals surface area contributed by atoms with Crippen LogP contribution in [0.3, 0.4) is 0 Å². The first-order valence-electron chi connectivity index (χ1n) is 7.05. The number of nitrogens with one attached hydrogen (secondary N) is 1. The van der Waals surface area contributed by atoms with E-state index in [-0.39, 0.29) is 0 Å². The van der Waals surface area contributed by atoms with Crippen LogP contribution in [-0.4, -0.2) is 16.2 Å². The first-order chi connectivity index (χ1) is 9.19. The van der Waals surface area contributed by atoms with Crippen LogP contribution in [0.1, 0.15) is 46.1 Å². The summed E-state index contributed by atoms with van der Waals surface area (Å²) in [5.41, 5.74) is 2.16. The fraction of sp³-hybridized carbons (Fsp3) is 0.533. The summed E-state index contributed by atoms with van der Waals surface area (Å²) >= 11 is 5.47. The fourth-order valence-electron chi connectivity index (χ4n) is 2.44. The fourth-order valence-corrected chi connectivity index (χ4v) is 2.82. The van der Waals surface area contributed by atoms with Gasteiger partial charge in [-0.1, -0.05) is 26.3 Å². The highest BCUT2D eigenvalue weighted by Crippen LogP contribution is 2.28. The van der Waals surface area contributed by atoms with Gasteiger partial charge in [-0.2, -0.15) is 0 Å². The summed E-state index contributed by atoms with van der Waals surface area (Å²) in [6.07, 6.45) is 3.28. The molecule has 1 heterocycles. The number of para-hydroxylation sites is 1. The number of aromatic nitrogens is 2. The summed E-state index contributed by atoms with van der Waals surface area (Å²) in [7, 11) is 0. The van der Waals surface area contributed by atoms with Crippen LogP contribution in [0.5, 0.6) is 5.75 Å². The molecule has 1 aromatic heterocycles. The summed E-state index contributed by atoms with van der Waals surface area (Å²) in [4.78, 5) is 3.30. The molecule has 0 spiro atoms. The van der Waals surface area contributed by atoms with E-state index in [1.54, 1.807) is 0 Å². The van der Waals surface area contributed by atoms with Crippen LogP contribution >= 0.6 is 12.2 Å². The molecule has 0 aliphatic rings. The first kappa shape index (κ1) is 14.1. The molecule has 19 heavy (non-hydrogen) atoms. The molecule has 0 saturated carbocycles. The molecule has 3 nitrogen and oxygen atoms in total. The highest BCUT2D eigenvalue weighted by atomic mass is 32.1. The van der Waals surface area contributed by atoms with Gasteiger partial charge in [0.2, 0.25) is 0 Å². The molecule has 1 N–H and O–H groups in total. The van der Waals surface area contributed by atoms with Crippen LogP contribution in [0.2, 0.25) is 0 Å². The van der Waals surface area contributed by atoms with Crippen LogP contribution in [0.15, 0.2) is 18.2 Å². The van der Waals surface area contributed by atoms with Crippen molar-refractivity contribution < 1.29 is 4.74 Å². The van der Waals surface area contributed by atoms with Crippen LogP contribution in [0.25, 0.3) is 11.0 Å². The highest BCUT2D eigenvalue weighted by molar-refractivity contribution is 7.71. The molecule has 0 radical (unpaired) electrons. The van der Waals surface area contributed by atoms with Gasteiger partial charge in [-0.3, -0.25) is 0 Å². The van der Waals surface area contributed by atoms with E-state index in [2.05, 4.69) is 36.4 Å². The molecule has 104 valence electrons. The Morgan fingerprint density at radius 1 is 1.32 bits per heavy atom. The van der Waals surface area contributed by atoms with Crippen molar-refractivity contribution in [1.29, 1.82) is 0 Å². The van der Waals surface area contributed by atoms with E-state index >= 15 is 0 Å². The summed E-state index contributed by atoms with van der Waals surface area (Å²) in [5, 5.41) is 0. The maximum Gasteiger partial charge on any atom is 0.178 e. The lowest BCUT2D eigenvalue weighted by Gasteiger charge is -2.13. The van der Waals surface area contributed by atoms with Gasteiger partial charge in [0.25, 0.3) is 0 Å². The zero-order valence-electron chi connectivity index (χ0n) is 11.9. The number of ether oxygens (including phenoxy) is 1. The number of nitrogens with zero attached hydrogens (tertiary/aromatic N) is 1. The van der Waals surface area contributed by atoms with Crippen molar-refractivity contribution in [2.45, 2.75) is 46.1 Å². The number of fused-ring (bicyclic) bond motifs is 1. The molecule has 0 aliphatic carbocycles. The molecule has 0 bridgehead atoms. The predicted molar refractivity (Wildman–Crippen MR) is 82.5 cm³/mol. The number of imidazole rings is 1. The Balaban J connectivity index is 2.49. The third kappa shape index (κ3) is 2.84. The van der Waals surface area contributed by atoms with E-state index in [9.17, 15) is 0 Å². The van der Waals surface area contributed by atoms with Crippen molar-refractivity contribution in [3.05, 3.63) is 23.0 Å². The average molecular weight is 278 g/mol. The normalized spacial score (nSPS) is 12.8. The maximum atomic E-state index is 5.79. The van der Waals surface area contributed by atoms with Crippen LogP contribution in [-0.2, 0) is 0 Å². The minimum Gasteiger partial charge on any atom is -0.491 e. The topological polar surface area (TPSA) is 29.9 Å². The summed E-state index contributed by atoms with van der Waals surface area (Å²) < 4.78 is 8.77. The van der Waals surface area contributed by atoms with E-state index in [0.29, 0.717) is 6.04 Å². The molecule has 0 aliphatic heterocycles. The zero-order valence-corrected chi connectivity index (χ0v) is 12.7. The Bertz CT molecular complexity index is 600. The van der Waals surface area contributed by atoms with Gasteiger partial charge in [0.1, 0.15) is 11.3 Å². The van der Waals surface area contributed by atoms with E-state index in [4.69, 9.17) is 17.0 Å². The Labute approximate surface area is 119 Å². The van der Waals surface area contributed by atoms with Crippen molar-refractivity contribution in [3.8, 4) is 5.75 Å². The van der Waals surface area contributed by atoms with Crippen molar-refractivity contribution in [2.75, 3.05) is 6.61 Å². The highest BCUT2D eigenvalue weighted by Gasteiger charge is 2.13. The second-order valence-electron chi connectivity index (χ2n) is 4.94. The molecule has 1 atom stereocenters. The van der Waals surface area contributed by atoms with Gasteiger partial charge in [0.05, 0.1) is 12.1 Å². The molecule has 1 unspecified atom stereocenters. The van der Waals surface area contributed by atoms with E-state index in [1.165, 1.54) is 0 Å². The second-order valence-corrected chi connectivity index (χ2v) is 5.32. The summed E-state index contributed by atoms with van der Waals surface area (Å²) in [5.74, 6) is 0.896. The van der Waals surface area contributed by atoms with Crippen LogP contribution in [0, 0.1) is 4.77 Å². The molecule has 2 rings (SSSR count). The second kappa shape index (κ2) is 6.24. The molecular weight excluding hydrogens is 256 g/mol. The van der Waals surface area contributed by atoms with Gasteiger partial charge >= 0.3 is 0 Å². The smallest absolute Gasteiger partial charge is 0.178 e. The van der Waals surface area contributed by atoms with Crippen LogP contribution in [0.4, 0.5) is 0 Å². The quantitative estimate of drug-likeness (QED) is 0.766. The minimum atomic E-state index is 0.410. The Morgan fingerprint density at radius 2 is 2.11 bits per heavy atom. The predicted octanol–water partition coefficient (Wildman–Crippen LogP) is 4.85. The SMILES string of the molecule is CCCOc1cccc2c1[nH]c(=S)n2C(C)CCC. The summed E-state index contributed by atoms with van der Waals surface area (Å²) in [6, 6.07) is 6.54. The van der Waals surface area contributed by atoms with Crippen molar-refractivity contribution in [1.82, 2.24) is 9.55 Å². The van der Waals surface area contributed by atoms with Crippen molar-refractivity contribution in [2.24, 2.45) is 0 Å². The first-order valence-corrected chi connectivity index (χ1v) is 7.45. The van der Waals surface area contributed by atoms with Crippen LogP contribution < -0.4 is 4.74 Å². The monoisotopic (exact) mass is 278 g/mol. The largest absolute Gasteiger partial charge is 0.491 e. The number of rotatable bonds is 6. The molecular formula is C15H22N2OS. The van der Waals surface area contributed by atoms with Gasteiger partial charge in [0, 0.05) is 6.04 Å². The third-order valence-electron chi connectivity index (χ3n) is 3.32. The third-order valence-corrected chi connectivity index (χ3v) is 3.62.